The summed E-state index contributed by atoms with van der Waals surface area (Å²) in [4.78, 5) is 16.7. The van der Waals surface area contributed by atoms with E-state index in [1.165, 1.54) is 18.2 Å². The van der Waals surface area contributed by atoms with Gasteiger partial charge in [0, 0.05) is 50.4 Å². The van der Waals surface area contributed by atoms with E-state index in [9.17, 15) is 14.3 Å². The normalized spacial score (nSPS) is 17.5. The first-order valence-corrected chi connectivity index (χ1v) is 11.3. The standard InChI is InChI=1S/C24H30ClFN2O5/c1-31-11-10-28(24(30)18-3-2-4-20(26)13-18)16-23-15-27(9-12-32-23)14-21(29)17-33-22-7-5-19(25)6-8-22/h2-8,13,21,23,29H,9-12,14-17H2,1H3. The average Bonchev–Trinajstić information content (AvgIpc) is 2.81. The summed E-state index contributed by atoms with van der Waals surface area (Å²) in [6.07, 6.45) is -0.921. The third-order valence-corrected chi connectivity index (χ3v) is 5.55. The van der Waals surface area contributed by atoms with Gasteiger partial charge in [-0.25, -0.2) is 4.39 Å². The molecule has 7 nitrogen and oxygen atoms in total. The summed E-state index contributed by atoms with van der Waals surface area (Å²) in [7, 11) is 1.57. The molecule has 2 aromatic carbocycles. The van der Waals surface area contributed by atoms with Crippen molar-refractivity contribution >= 4 is 17.5 Å². The van der Waals surface area contributed by atoms with Crippen molar-refractivity contribution in [2.24, 2.45) is 0 Å². The van der Waals surface area contributed by atoms with Crippen molar-refractivity contribution in [1.82, 2.24) is 9.80 Å². The maximum absolute atomic E-state index is 13.6. The molecular weight excluding hydrogens is 451 g/mol. The Morgan fingerprint density at radius 3 is 2.85 bits per heavy atom. The molecule has 33 heavy (non-hydrogen) atoms. The van der Waals surface area contributed by atoms with Crippen LogP contribution in [-0.2, 0) is 9.47 Å². The zero-order valence-electron chi connectivity index (χ0n) is 18.7. The Kier molecular flexibility index (Phi) is 9.90. The van der Waals surface area contributed by atoms with Crippen LogP contribution in [0.4, 0.5) is 4.39 Å². The van der Waals surface area contributed by atoms with E-state index in [4.69, 9.17) is 25.8 Å². The average molecular weight is 481 g/mol. The van der Waals surface area contributed by atoms with Gasteiger partial charge in [0.2, 0.25) is 0 Å². The lowest BCUT2D eigenvalue weighted by Gasteiger charge is -2.36. The number of morpholine rings is 1. The second kappa shape index (κ2) is 12.9. The van der Waals surface area contributed by atoms with Crippen molar-refractivity contribution in [3.63, 3.8) is 0 Å². The summed E-state index contributed by atoms with van der Waals surface area (Å²) >= 11 is 5.87. The fraction of sp³-hybridized carbons (Fsp3) is 0.458. The monoisotopic (exact) mass is 480 g/mol. The van der Waals surface area contributed by atoms with Crippen LogP contribution in [0.25, 0.3) is 0 Å². The summed E-state index contributed by atoms with van der Waals surface area (Å²) in [5, 5.41) is 11.0. The molecule has 2 unspecified atom stereocenters. The molecule has 1 fully saturated rings. The van der Waals surface area contributed by atoms with Crippen molar-refractivity contribution in [1.29, 1.82) is 0 Å². The van der Waals surface area contributed by atoms with E-state index in [1.54, 1.807) is 42.3 Å². The molecule has 0 aromatic heterocycles. The Morgan fingerprint density at radius 2 is 2.12 bits per heavy atom. The van der Waals surface area contributed by atoms with Crippen molar-refractivity contribution in [2.45, 2.75) is 12.2 Å². The highest BCUT2D eigenvalue weighted by Gasteiger charge is 2.27. The molecular formula is C24H30ClFN2O5. The topological polar surface area (TPSA) is 71.5 Å². The highest BCUT2D eigenvalue weighted by Crippen LogP contribution is 2.16. The number of carbonyl (C=O) groups is 1. The molecule has 0 aliphatic carbocycles. The first-order chi connectivity index (χ1) is 15.9. The van der Waals surface area contributed by atoms with Crippen LogP contribution >= 0.6 is 11.6 Å². The molecule has 0 bridgehead atoms. The van der Waals surface area contributed by atoms with E-state index in [0.717, 1.165) is 0 Å². The summed E-state index contributed by atoms with van der Waals surface area (Å²) in [5.41, 5.74) is 0.286. The minimum Gasteiger partial charge on any atom is -0.491 e. The van der Waals surface area contributed by atoms with Gasteiger partial charge in [0.05, 0.1) is 19.3 Å². The molecule has 1 aliphatic heterocycles. The van der Waals surface area contributed by atoms with Crippen LogP contribution in [0.2, 0.25) is 5.02 Å². The molecule has 1 amide bonds. The summed E-state index contributed by atoms with van der Waals surface area (Å²) in [5.74, 6) is -0.0888. The molecule has 2 atom stereocenters. The number of aliphatic hydroxyl groups is 1. The van der Waals surface area contributed by atoms with E-state index in [-0.39, 0.29) is 24.2 Å². The van der Waals surface area contributed by atoms with E-state index < -0.39 is 11.9 Å². The van der Waals surface area contributed by atoms with Crippen LogP contribution in [0.5, 0.6) is 5.75 Å². The number of ether oxygens (including phenoxy) is 3. The minimum atomic E-state index is -0.682. The van der Waals surface area contributed by atoms with Crippen molar-refractivity contribution < 1.29 is 28.5 Å². The summed E-state index contributed by atoms with van der Waals surface area (Å²) < 4.78 is 30.2. The number of nitrogens with zero attached hydrogens (tertiary/aromatic N) is 2. The van der Waals surface area contributed by atoms with E-state index in [0.29, 0.717) is 56.7 Å². The smallest absolute Gasteiger partial charge is 0.254 e. The molecule has 2 aromatic rings. The van der Waals surface area contributed by atoms with Crippen LogP contribution < -0.4 is 4.74 Å². The molecule has 1 saturated heterocycles. The minimum absolute atomic E-state index is 0.154. The van der Waals surface area contributed by atoms with E-state index >= 15 is 0 Å². The zero-order chi connectivity index (χ0) is 23.6. The first-order valence-electron chi connectivity index (χ1n) is 10.9. The number of benzene rings is 2. The van der Waals surface area contributed by atoms with Gasteiger partial charge in [-0.15, -0.1) is 0 Å². The molecule has 3 rings (SSSR count). The van der Waals surface area contributed by atoms with Gasteiger partial charge in [0.1, 0.15) is 24.3 Å². The van der Waals surface area contributed by atoms with Crippen molar-refractivity contribution in [3.05, 3.63) is 64.9 Å². The molecule has 0 saturated carbocycles. The number of amides is 1. The van der Waals surface area contributed by atoms with Crippen LogP contribution in [0.15, 0.2) is 48.5 Å². The van der Waals surface area contributed by atoms with Gasteiger partial charge in [0.25, 0.3) is 5.91 Å². The zero-order valence-corrected chi connectivity index (χ0v) is 19.4. The lowest BCUT2D eigenvalue weighted by molar-refractivity contribution is -0.0546. The summed E-state index contributed by atoms with van der Waals surface area (Å²) in [6.45, 7) is 3.35. The second-order valence-electron chi connectivity index (χ2n) is 7.93. The Balaban J connectivity index is 1.52. The maximum atomic E-state index is 13.6. The van der Waals surface area contributed by atoms with Gasteiger partial charge in [-0.05, 0) is 42.5 Å². The third-order valence-electron chi connectivity index (χ3n) is 5.30. The Morgan fingerprint density at radius 1 is 1.33 bits per heavy atom. The Bertz CT molecular complexity index is 885. The quantitative estimate of drug-likeness (QED) is 0.533. The van der Waals surface area contributed by atoms with Gasteiger partial charge in [0.15, 0.2) is 0 Å². The predicted molar refractivity (Wildman–Crippen MR) is 123 cm³/mol. The van der Waals surface area contributed by atoms with Crippen molar-refractivity contribution in [3.8, 4) is 5.75 Å². The number of hydrogen-bond donors (Lipinski definition) is 1. The number of halogens is 2. The number of carbonyl (C=O) groups excluding carboxylic acids is 1. The SMILES string of the molecule is COCCN(CC1CN(CC(O)COc2ccc(Cl)cc2)CCO1)C(=O)c1cccc(F)c1. The Labute approximate surface area is 198 Å². The summed E-state index contributed by atoms with van der Waals surface area (Å²) in [6, 6.07) is 12.6. The van der Waals surface area contributed by atoms with Crippen molar-refractivity contribution in [2.75, 3.05) is 59.7 Å². The lowest BCUT2D eigenvalue weighted by Crippen LogP contribution is -2.51. The van der Waals surface area contributed by atoms with Crippen LogP contribution in [0.3, 0.4) is 0 Å². The predicted octanol–water partition coefficient (Wildman–Crippen LogP) is 2.71. The Hall–Kier alpha value is -2.23. The molecule has 1 aliphatic rings. The number of methoxy groups -OCH3 is 1. The molecule has 1 heterocycles. The molecule has 0 radical (unpaired) electrons. The number of aliphatic hydroxyl groups excluding tert-OH is 1. The second-order valence-corrected chi connectivity index (χ2v) is 8.36. The highest BCUT2D eigenvalue weighted by atomic mass is 35.5. The number of hydrogen-bond acceptors (Lipinski definition) is 6. The molecule has 9 heteroatoms. The van der Waals surface area contributed by atoms with Crippen LogP contribution in [0, 0.1) is 5.82 Å². The number of rotatable bonds is 11. The molecule has 180 valence electrons. The fourth-order valence-electron chi connectivity index (χ4n) is 3.66. The van der Waals surface area contributed by atoms with Gasteiger partial charge in [-0.2, -0.15) is 0 Å². The largest absolute Gasteiger partial charge is 0.491 e. The van der Waals surface area contributed by atoms with Crippen LogP contribution in [0.1, 0.15) is 10.4 Å². The molecule has 0 spiro atoms. The fourth-order valence-corrected chi connectivity index (χ4v) is 3.78. The van der Waals surface area contributed by atoms with E-state index in [2.05, 4.69) is 4.90 Å². The first kappa shape index (κ1) is 25.4. The third kappa shape index (κ3) is 8.24. The van der Waals surface area contributed by atoms with Gasteiger partial charge in [-0.1, -0.05) is 17.7 Å². The number of β-amino-alcohol motifs (C(OH)–C–C–N with tert-alkyl or cyclic N) is 1. The van der Waals surface area contributed by atoms with Gasteiger partial charge in [-0.3, -0.25) is 9.69 Å². The van der Waals surface area contributed by atoms with Gasteiger partial charge >= 0.3 is 0 Å². The van der Waals surface area contributed by atoms with E-state index in [1.807, 2.05) is 0 Å². The lowest BCUT2D eigenvalue weighted by atomic mass is 10.1. The van der Waals surface area contributed by atoms with Crippen LogP contribution in [-0.4, -0.2) is 92.7 Å². The maximum Gasteiger partial charge on any atom is 0.254 e. The van der Waals surface area contributed by atoms with Gasteiger partial charge < -0.3 is 24.2 Å². The molecule has 1 N–H and O–H groups in total. The highest BCUT2D eigenvalue weighted by molar-refractivity contribution is 6.30.